The first-order valence-electron chi connectivity index (χ1n) is 8.75. The van der Waals surface area contributed by atoms with E-state index >= 15 is 0 Å². The summed E-state index contributed by atoms with van der Waals surface area (Å²) in [6, 6.07) is 5.87. The lowest BCUT2D eigenvalue weighted by Gasteiger charge is -2.37. The monoisotopic (exact) mass is 485 g/mol. The third kappa shape index (κ3) is 7.96. The Morgan fingerprint density at radius 1 is 1.19 bits per heavy atom. The van der Waals surface area contributed by atoms with E-state index in [2.05, 4.69) is 25.1 Å². The highest BCUT2D eigenvalue weighted by atomic mass is 127. The Morgan fingerprint density at radius 3 is 2.50 bits per heavy atom. The highest BCUT2D eigenvalue weighted by molar-refractivity contribution is 14.0. The number of unbranched alkanes of at least 4 members (excludes halogenated alkanes) is 1. The lowest BCUT2D eigenvalue weighted by atomic mass is 10.2. The average Bonchev–Trinajstić information content (AvgIpc) is 2.60. The number of hydrogen-bond acceptors (Lipinski definition) is 3. The Balaban J connectivity index is 0.00000338. The summed E-state index contributed by atoms with van der Waals surface area (Å²) in [6.07, 6.45) is -2.45. The fourth-order valence-electron chi connectivity index (χ4n) is 2.74. The Labute approximate surface area is 170 Å². The Morgan fingerprint density at radius 2 is 1.92 bits per heavy atom. The second-order valence-electron chi connectivity index (χ2n) is 5.97. The molecular formula is C17H27F3IN5. The van der Waals surface area contributed by atoms with Crippen LogP contribution < -0.4 is 10.2 Å². The van der Waals surface area contributed by atoms with Crippen LogP contribution in [0.4, 0.5) is 19.0 Å². The number of anilines is 1. The van der Waals surface area contributed by atoms with Crippen molar-refractivity contribution in [2.24, 2.45) is 4.99 Å². The molecule has 5 nitrogen and oxygen atoms in total. The van der Waals surface area contributed by atoms with E-state index < -0.39 is 12.6 Å². The topological polar surface area (TPSA) is 43.8 Å². The number of hydrogen-bond donors (Lipinski definition) is 1. The molecular weight excluding hydrogens is 458 g/mol. The summed E-state index contributed by atoms with van der Waals surface area (Å²) in [4.78, 5) is 13.2. The molecule has 0 aromatic carbocycles. The number of guanidine groups is 1. The molecule has 1 aromatic heterocycles. The smallest absolute Gasteiger partial charge is 0.357 e. The minimum atomic E-state index is -4.07. The molecule has 1 aromatic rings. The van der Waals surface area contributed by atoms with Gasteiger partial charge in [-0.3, -0.25) is 4.99 Å². The van der Waals surface area contributed by atoms with Crippen molar-refractivity contribution in [2.75, 3.05) is 44.2 Å². The van der Waals surface area contributed by atoms with Gasteiger partial charge in [0.25, 0.3) is 0 Å². The lowest BCUT2D eigenvalue weighted by molar-refractivity contribution is -0.135. The van der Waals surface area contributed by atoms with Crippen molar-refractivity contribution in [1.82, 2.24) is 15.2 Å². The van der Waals surface area contributed by atoms with Crippen LogP contribution in [0.25, 0.3) is 0 Å². The van der Waals surface area contributed by atoms with Crippen molar-refractivity contribution in [3.63, 3.8) is 0 Å². The molecule has 1 aliphatic rings. The largest absolute Gasteiger partial charge is 0.389 e. The van der Waals surface area contributed by atoms with Gasteiger partial charge in [0, 0.05) is 51.9 Å². The van der Waals surface area contributed by atoms with Crippen molar-refractivity contribution in [1.29, 1.82) is 0 Å². The third-order valence-electron chi connectivity index (χ3n) is 4.02. The molecule has 0 aliphatic carbocycles. The molecule has 1 aliphatic heterocycles. The second-order valence-corrected chi connectivity index (χ2v) is 5.97. The third-order valence-corrected chi connectivity index (χ3v) is 4.02. The second kappa shape index (κ2) is 11.5. The van der Waals surface area contributed by atoms with Crippen LogP contribution in [0.15, 0.2) is 29.4 Å². The van der Waals surface area contributed by atoms with Gasteiger partial charge < -0.3 is 15.1 Å². The van der Waals surface area contributed by atoms with Gasteiger partial charge in [-0.15, -0.1) is 24.0 Å². The van der Waals surface area contributed by atoms with Crippen LogP contribution in [-0.2, 0) is 0 Å². The van der Waals surface area contributed by atoms with Gasteiger partial charge in [0.05, 0.1) is 0 Å². The predicted molar refractivity (Wildman–Crippen MR) is 109 cm³/mol. The van der Waals surface area contributed by atoms with Gasteiger partial charge >= 0.3 is 6.18 Å². The molecule has 1 fully saturated rings. The highest BCUT2D eigenvalue weighted by Crippen LogP contribution is 2.22. The van der Waals surface area contributed by atoms with Crippen LogP contribution in [0.2, 0.25) is 0 Å². The quantitative estimate of drug-likeness (QED) is 0.290. The number of aromatic nitrogens is 1. The van der Waals surface area contributed by atoms with Crippen LogP contribution in [0.1, 0.15) is 26.2 Å². The molecule has 2 heterocycles. The van der Waals surface area contributed by atoms with Crippen LogP contribution in [0.3, 0.4) is 0 Å². The Bertz CT molecular complexity index is 531. The molecule has 26 heavy (non-hydrogen) atoms. The summed E-state index contributed by atoms with van der Waals surface area (Å²) in [7, 11) is 0. The molecule has 0 spiro atoms. The zero-order valence-electron chi connectivity index (χ0n) is 15.0. The number of alkyl halides is 3. The van der Waals surface area contributed by atoms with E-state index in [-0.39, 0.29) is 30.4 Å². The average molecular weight is 485 g/mol. The van der Waals surface area contributed by atoms with Crippen LogP contribution in [-0.4, -0.2) is 61.3 Å². The minimum absolute atomic E-state index is 0. The molecule has 9 heteroatoms. The first-order chi connectivity index (χ1) is 12.0. The zero-order valence-corrected chi connectivity index (χ0v) is 17.3. The summed E-state index contributed by atoms with van der Waals surface area (Å²) < 4.78 is 36.5. The number of rotatable bonds is 6. The first kappa shape index (κ1) is 22.8. The fourth-order valence-corrected chi connectivity index (χ4v) is 2.74. The molecule has 1 N–H and O–H groups in total. The van der Waals surface area contributed by atoms with E-state index in [0.717, 1.165) is 44.5 Å². The summed E-state index contributed by atoms with van der Waals surface area (Å²) in [5.41, 5.74) is 0. The summed E-state index contributed by atoms with van der Waals surface area (Å²) in [5, 5.41) is 3.23. The van der Waals surface area contributed by atoms with E-state index in [9.17, 15) is 13.2 Å². The molecule has 0 unspecified atom stereocenters. The normalized spacial score (nSPS) is 15.6. The van der Waals surface area contributed by atoms with Gasteiger partial charge in [-0.1, -0.05) is 6.07 Å². The lowest BCUT2D eigenvalue weighted by Crippen LogP contribution is -2.52. The predicted octanol–water partition coefficient (Wildman–Crippen LogP) is 3.52. The molecule has 0 saturated carbocycles. The van der Waals surface area contributed by atoms with Crippen LogP contribution >= 0.6 is 24.0 Å². The van der Waals surface area contributed by atoms with E-state index in [1.54, 1.807) is 6.20 Å². The van der Waals surface area contributed by atoms with E-state index in [4.69, 9.17) is 0 Å². The summed E-state index contributed by atoms with van der Waals surface area (Å²) in [5.74, 6) is 1.76. The van der Waals surface area contributed by atoms with Crippen molar-refractivity contribution in [3.8, 4) is 0 Å². The number of piperazine rings is 1. The molecule has 0 amide bonds. The van der Waals surface area contributed by atoms with Gasteiger partial charge in [0.1, 0.15) is 5.82 Å². The van der Waals surface area contributed by atoms with Crippen LogP contribution in [0.5, 0.6) is 0 Å². The maximum atomic E-state index is 12.2. The van der Waals surface area contributed by atoms with Gasteiger partial charge in [-0.2, -0.15) is 13.2 Å². The van der Waals surface area contributed by atoms with E-state index in [1.807, 2.05) is 25.1 Å². The molecule has 0 atom stereocenters. The summed E-state index contributed by atoms with van der Waals surface area (Å²) in [6.45, 7) is 6.45. The van der Waals surface area contributed by atoms with Crippen LogP contribution in [0, 0.1) is 0 Å². The van der Waals surface area contributed by atoms with Crippen molar-refractivity contribution in [2.45, 2.75) is 32.4 Å². The Hall–Kier alpha value is -1.26. The number of nitrogens with one attached hydrogen (secondary N) is 1. The van der Waals surface area contributed by atoms with Crippen molar-refractivity contribution in [3.05, 3.63) is 24.4 Å². The zero-order chi connectivity index (χ0) is 18.1. The minimum Gasteiger partial charge on any atom is -0.357 e. The Kier molecular flexibility index (Phi) is 10.0. The number of nitrogens with zero attached hydrogens (tertiary/aromatic N) is 4. The molecule has 0 radical (unpaired) electrons. The molecule has 1 saturated heterocycles. The fraction of sp³-hybridized carbons (Fsp3) is 0.647. The van der Waals surface area contributed by atoms with Gasteiger partial charge in [-0.25, -0.2) is 4.98 Å². The number of aliphatic imine (C=N–C) groups is 1. The van der Waals surface area contributed by atoms with Crippen molar-refractivity contribution < 1.29 is 13.2 Å². The SMILES string of the molecule is CCNC(=NCCCCC(F)(F)F)N1CCN(c2ccccn2)CC1.I. The van der Waals surface area contributed by atoms with Gasteiger partial charge in [0.2, 0.25) is 0 Å². The maximum Gasteiger partial charge on any atom is 0.389 e. The standard InChI is InChI=1S/C17H26F3N5.HI/c1-2-21-16(23-10-6-4-8-17(18,19)20)25-13-11-24(12-14-25)15-7-3-5-9-22-15;/h3,5,7,9H,2,4,6,8,10-14H2,1H3,(H,21,23);1H. The molecule has 2 rings (SSSR count). The molecule has 148 valence electrons. The number of halogens is 4. The van der Waals surface area contributed by atoms with E-state index in [0.29, 0.717) is 13.0 Å². The van der Waals surface area contributed by atoms with Gasteiger partial charge in [-0.05, 0) is 31.9 Å². The first-order valence-corrected chi connectivity index (χ1v) is 8.75. The summed E-state index contributed by atoms with van der Waals surface area (Å²) >= 11 is 0. The highest BCUT2D eigenvalue weighted by Gasteiger charge is 2.25. The van der Waals surface area contributed by atoms with Crippen molar-refractivity contribution >= 4 is 35.8 Å². The number of pyridine rings is 1. The van der Waals surface area contributed by atoms with E-state index in [1.165, 1.54) is 0 Å². The maximum absolute atomic E-state index is 12.2. The van der Waals surface area contributed by atoms with Gasteiger partial charge in [0.15, 0.2) is 5.96 Å². The molecule has 0 bridgehead atoms.